The number of aromatic amines is 1. The van der Waals surface area contributed by atoms with Crippen LogP contribution in [0.15, 0.2) is 47.5 Å². The number of methoxy groups -OCH3 is 2. The molecule has 1 aromatic heterocycles. The predicted molar refractivity (Wildman–Crippen MR) is 113 cm³/mol. The lowest BCUT2D eigenvalue weighted by molar-refractivity contribution is -0.121. The Morgan fingerprint density at radius 1 is 1.14 bits per heavy atom. The van der Waals surface area contributed by atoms with Crippen LogP contribution in [0, 0.1) is 0 Å². The quantitative estimate of drug-likeness (QED) is 0.734. The molecule has 1 N–H and O–H groups in total. The lowest BCUT2D eigenvalue weighted by Crippen LogP contribution is -2.44. The van der Waals surface area contributed by atoms with Gasteiger partial charge in [0.2, 0.25) is 0 Å². The number of carbonyl (C=O) groups is 1. The lowest BCUT2D eigenvalue weighted by Gasteiger charge is -2.33. The summed E-state index contributed by atoms with van der Waals surface area (Å²) in [6, 6.07) is 13.3. The maximum absolute atomic E-state index is 13.5. The van der Waals surface area contributed by atoms with E-state index in [9.17, 15) is 4.79 Å². The number of aromatic nitrogens is 2. The number of H-pyrrole nitrogens is 1. The van der Waals surface area contributed by atoms with Gasteiger partial charge in [-0.15, -0.1) is 0 Å². The number of hydrogen-bond donors (Lipinski definition) is 1. The number of para-hydroxylation sites is 2. The Bertz CT molecular complexity index is 1080. The van der Waals surface area contributed by atoms with E-state index in [1.54, 1.807) is 27.3 Å². The average molecular weight is 392 g/mol. The first-order chi connectivity index (χ1) is 13.9. The maximum atomic E-state index is 13.5. The zero-order chi connectivity index (χ0) is 20.8. The van der Waals surface area contributed by atoms with Crippen molar-refractivity contribution >= 4 is 28.3 Å². The molecule has 7 nitrogen and oxygen atoms in total. The summed E-state index contributed by atoms with van der Waals surface area (Å²) in [6.07, 6.45) is 0. The van der Waals surface area contributed by atoms with Gasteiger partial charge in [0.25, 0.3) is 0 Å². The van der Waals surface area contributed by atoms with Gasteiger partial charge >= 0.3 is 0 Å². The van der Waals surface area contributed by atoms with Crippen molar-refractivity contribution in [3.05, 3.63) is 48.3 Å². The minimum atomic E-state index is -0.833. The highest BCUT2D eigenvalue weighted by atomic mass is 16.5. The third kappa shape index (κ3) is 2.85. The van der Waals surface area contributed by atoms with E-state index in [0.29, 0.717) is 23.2 Å². The van der Waals surface area contributed by atoms with Gasteiger partial charge in [-0.2, -0.15) is 0 Å². The number of hydrogen-bond acceptors (Lipinski definition) is 5. The molecule has 1 aliphatic rings. The third-order valence-electron chi connectivity index (χ3n) is 5.45. The molecule has 1 atom stereocenters. The second-order valence-corrected chi connectivity index (χ2v) is 7.45. The van der Waals surface area contributed by atoms with Crippen LogP contribution in [0.5, 0.6) is 11.5 Å². The van der Waals surface area contributed by atoms with Gasteiger partial charge in [0.1, 0.15) is 34.6 Å². The molecule has 0 spiro atoms. The highest BCUT2D eigenvalue weighted by Crippen LogP contribution is 2.44. The first-order valence-electron chi connectivity index (χ1n) is 9.40. The molecule has 2 heterocycles. The summed E-state index contributed by atoms with van der Waals surface area (Å²) in [4.78, 5) is 28.0. The van der Waals surface area contributed by atoms with E-state index in [2.05, 4.69) is 15.0 Å². The molecule has 0 aliphatic carbocycles. The van der Waals surface area contributed by atoms with Crippen molar-refractivity contribution in [1.29, 1.82) is 0 Å². The number of ether oxygens (including phenoxy) is 2. The molecular weight excluding hydrogens is 368 g/mol. The van der Waals surface area contributed by atoms with Crippen molar-refractivity contribution in [3.63, 3.8) is 0 Å². The van der Waals surface area contributed by atoms with Crippen LogP contribution < -0.4 is 14.4 Å². The Hall–Kier alpha value is -3.35. The summed E-state index contributed by atoms with van der Waals surface area (Å²) in [7, 11) is 4.90. The predicted octanol–water partition coefficient (Wildman–Crippen LogP) is 3.56. The zero-order valence-electron chi connectivity index (χ0n) is 17.2. The molecular formula is C22H24N4O3. The minimum absolute atomic E-state index is 0.0232. The second-order valence-electron chi connectivity index (χ2n) is 7.45. The number of ketones is 1. The average Bonchev–Trinajstić information content (AvgIpc) is 3.24. The molecule has 1 unspecified atom stereocenters. The van der Waals surface area contributed by atoms with Gasteiger partial charge in [0.05, 0.1) is 30.9 Å². The van der Waals surface area contributed by atoms with E-state index in [-0.39, 0.29) is 5.78 Å². The summed E-state index contributed by atoms with van der Waals surface area (Å²) in [5.74, 6) is 1.95. The summed E-state index contributed by atoms with van der Waals surface area (Å²) in [5, 5.41) is 0. The van der Waals surface area contributed by atoms with E-state index in [0.717, 1.165) is 16.7 Å². The largest absolute Gasteiger partial charge is 0.497 e. The molecule has 0 amide bonds. The monoisotopic (exact) mass is 392 g/mol. The molecule has 0 saturated carbocycles. The van der Waals surface area contributed by atoms with E-state index >= 15 is 0 Å². The minimum Gasteiger partial charge on any atom is -0.497 e. The fraction of sp³-hybridized carbons (Fsp3) is 0.318. The van der Waals surface area contributed by atoms with Gasteiger partial charge in [0.15, 0.2) is 5.78 Å². The van der Waals surface area contributed by atoms with E-state index < -0.39 is 11.5 Å². The van der Waals surface area contributed by atoms with Gasteiger partial charge in [-0.3, -0.25) is 9.79 Å². The van der Waals surface area contributed by atoms with Gasteiger partial charge < -0.3 is 19.4 Å². The summed E-state index contributed by atoms with van der Waals surface area (Å²) in [6.45, 7) is 3.79. The van der Waals surface area contributed by atoms with Crippen LogP contribution in [0.2, 0.25) is 0 Å². The SMILES string of the molecule is CN=C1C(c2nc3ccccc3[nH]2)C(=O)C(C)(C)N1c1ccc(OC)cc1OC. The molecule has 150 valence electrons. The second kappa shape index (κ2) is 6.92. The van der Waals surface area contributed by atoms with Gasteiger partial charge in [-0.1, -0.05) is 12.1 Å². The topological polar surface area (TPSA) is 79.8 Å². The number of imidazole rings is 1. The van der Waals surface area contributed by atoms with Gasteiger partial charge in [0, 0.05) is 13.1 Å². The number of aliphatic imine (C=N–C) groups is 1. The number of benzene rings is 2. The summed E-state index contributed by atoms with van der Waals surface area (Å²) in [5.41, 5.74) is 1.64. The normalized spacial score (nSPS) is 19.9. The van der Waals surface area contributed by atoms with Crippen LogP contribution in [0.1, 0.15) is 25.6 Å². The van der Waals surface area contributed by atoms with Crippen molar-refractivity contribution < 1.29 is 14.3 Å². The molecule has 7 heteroatoms. The van der Waals surface area contributed by atoms with Crippen molar-refractivity contribution in [1.82, 2.24) is 9.97 Å². The van der Waals surface area contributed by atoms with E-state index in [1.807, 2.05) is 55.1 Å². The van der Waals surface area contributed by atoms with Crippen molar-refractivity contribution in [2.75, 3.05) is 26.2 Å². The van der Waals surface area contributed by atoms with Crippen LogP contribution in [-0.4, -0.2) is 48.4 Å². The Balaban J connectivity index is 1.87. The number of anilines is 1. The molecule has 1 aliphatic heterocycles. The molecule has 29 heavy (non-hydrogen) atoms. The highest BCUT2D eigenvalue weighted by Gasteiger charge is 2.54. The number of Topliss-reactive ketones (excluding diaryl/α,β-unsaturated/α-hetero) is 1. The standard InChI is InChI=1S/C22H24N4O3/c1-22(2)19(27)18(20-24-14-8-6-7-9-15(14)25-20)21(23-3)26(22)16-11-10-13(28-4)12-17(16)29-5/h6-12,18H,1-5H3,(H,24,25). The summed E-state index contributed by atoms with van der Waals surface area (Å²) < 4.78 is 10.9. The Morgan fingerprint density at radius 2 is 1.90 bits per heavy atom. The lowest BCUT2D eigenvalue weighted by atomic mass is 9.93. The Morgan fingerprint density at radius 3 is 2.55 bits per heavy atom. The van der Waals surface area contributed by atoms with Crippen LogP contribution in [0.4, 0.5) is 5.69 Å². The van der Waals surface area contributed by atoms with Gasteiger partial charge in [-0.05, 0) is 38.1 Å². The fourth-order valence-electron chi connectivity index (χ4n) is 3.98. The van der Waals surface area contributed by atoms with Gasteiger partial charge in [-0.25, -0.2) is 4.98 Å². The number of fused-ring (bicyclic) bond motifs is 1. The summed E-state index contributed by atoms with van der Waals surface area (Å²) >= 11 is 0. The Kier molecular flexibility index (Phi) is 4.53. The Labute approximate surface area is 169 Å². The number of rotatable bonds is 4. The molecule has 3 aromatic rings. The highest BCUT2D eigenvalue weighted by molar-refractivity contribution is 6.27. The number of nitrogens with zero attached hydrogens (tertiary/aromatic N) is 3. The maximum Gasteiger partial charge on any atom is 0.176 e. The molecule has 0 bridgehead atoms. The smallest absolute Gasteiger partial charge is 0.176 e. The van der Waals surface area contributed by atoms with E-state index in [1.165, 1.54) is 0 Å². The van der Waals surface area contributed by atoms with Crippen LogP contribution in [-0.2, 0) is 4.79 Å². The number of amidine groups is 1. The van der Waals surface area contributed by atoms with Crippen LogP contribution >= 0.6 is 0 Å². The molecule has 1 saturated heterocycles. The number of carbonyl (C=O) groups excluding carboxylic acids is 1. The van der Waals surface area contributed by atoms with Crippen molar-refractivity contribution in [2.45, 2.75) is 25.3 Å². The van der Waals surface area contributed by atoms with E-state index in [4.69, 9.17) is 9.47 Å². The third-order valence-corrected chi connectivity index (χ3v) is 5.45. The zero-order valence-corrected chi connectivity index (χ0v) is 17.2. The fourth-order valence-corrected chi connectivity index (χ4v) is 3.98. The first-order valence-corrected chi connectivity index (χ1v) is 9.40. The van der Waals surface area contributed by atoms with Crippen molar-refractivity contribution in [2.24, 2.45) is 4.99 Å². The van der Waals surface area contributed by atoms with Crippen LogP contribution in [0.3, 0.4) is 0 Å². The first kappa shape index (κ1) is 19.0. The van der Waals surface area contributed by atoms with Crippen LogP contribution in [0.25, 0.3) is 11.0 Å². The molecule has 1 fully saturated rings. The molecule has 2 aromatic carbocycles. The number of nitrogens with one attached hydrogen (secondary N) is 1. The van der Waals surface area contributed by atoms with Crippen molar-refractivity contribution in [3.8, 4) is 11.5 Å². The molecule has 0 radical (unpaired) electrons. The molecule has 4 rings (SSSR count).